The van der Waals surface area contributed by atoms with E-state index in [4.69, 9.17) is 0 Å². The van der Waals surface area contributed by atoms with Gasteiger partial charge in [-0.1, -0.05) is 6.07 Å². The van der Waals surface area contributed by atoms with Crippen LogP contribution in [0.4, 0.5) is 15.8 Å². The molecule has 1 N–H and O–H groups in total. The summed E-state index contributed by atoms with van der Waals surface area (Å²) in [5.74, 6) is -1.87. The van der Waals surface area contributed by atoms with Crippen molar-refractivity contribution < 1.29 is 18.8 Å². The van der Waals surface area contributed by atoms with Crippen molar-refractivity contribution in [3.8, 4) is 0 Å². The summed E-state index contributed by atoms with van der Waals surface area (Å²) in [7, 11) is 0. The number of hydrogen-bond acceptors (Lipinski definition) is 3. The van der Waals surface area contributed by atoms with E-state index in [1.807, 2.05) is 0 Å². The van der Waals surface area contributed by atoms with Crippen LogP contribution in [-0.4, -0.2) is 17.7 Å². The van der Waals surface area contributed by atoms with Crippen LogP contribution in [0, 0.1) is 5.82 Å². The molecule has 0 atom stereocenters. The highest BCUT2D eigenvalue weighted by atomic mass is 19.1. The number of rotatable bonds is 2. The highest BCUT2D eigenvalue weighted by molar-refractivity contribution is 6.34. The SMILES string of the molecule is CC(=O)Nc1ccc2c(c1)C(=O)N(c1cccc(F)c1)C2=O. The monoisotopic (exact) mass is 298 g/mol. The molecule has 2 aromatic carbocycles. The van der Waals surface area contributed by atoms with E-state index in [9.17, 15) is 18.8 Å². The molecule has 6 heteroatoms. The van der Waals surface area contributed by atoms with Crippen molar-refractivity contribution in [1.29, 1.82) is 0 Å². The zero-order valence-corrected chi connectivity index (χ0v) is 11.6. The Hall–Kier alpha value is -3.02. The Morgan fingerprint density at radius 1 is 1.05 bits per heavy atom. The van der Waals surface area contributed by atoms with Gasteiger partial charge in [0.1, 0.15) is 5.82 Å². The minimum atomic E-state index is -0.544. The lowest BCUT2D eigenvalue weighted by Gasteiger charge is -2.13. The molecule has 0 saturated carbocycles. The number of imide groups is 1. The van der Waals surface area contributed by atoms with Crippen molar-refractivity contribution in [2.45, 2.75) is 6.92 Å². The molecule has 1 heterocycles. The molecule has 0 radical (unpaired) electrons. The molecular weight excluding hydrogens is 287 g/mol. The Bertz CT molecular complexity index is 817. The standard InChI is InChI=1S/C16H11FN2O3/c1-9(20)18-11-5-6-13-14(8-11)16(22)19(15(13)21)12-4-2-3-10(17)7-12/h2-8H,1H3,(H,18,20). The van der Waals surface area contributed by atoms with Crippen LogP contribution in [0.15, 0.2) is 42.5 Å². The third-order valence-corrected chi connectivity index (χ3v) is 3.27. The zero-order valence-electron chi connectivity index (χ0n) is 11.6. The lowest BCUT2D eigenvalue weighted by Crippen LogP contribution is -2.29. The number of fused-ring (bicyclic) bond motifs is 1. The maximum atomic E-state index is 13.3. The lowest BCUT2D eigenvalue weighted by atomic mass is 10.1. The van der Waals surface area contributed by atoms with Crippen LogP contribution in [0.1, 0.15) is 27.6 Å². The van der Waals surface area contributed by atoms with E-state index in [0.717, 1.165) is 11.0 Å². The fourth-order valence-electron chi connectivity index (χ4n) is 2.37. The average Bonchev–Trinajstić information content (AvgIpc) is 2.70. The van der Waals surface area contributed by atoms with Crippen molar-refractivity contribution in [3.63, 3.8) is 0 Å². The molecule has 1 aliphatic heterocycles. The molecule has 5 nitrogen and oxygen atoms in total. The molecule has 0 aromatic heterocycles. The number of hydrogen-bond donors (Lipinski definition) is 1. The van der Waals surface area contributed by atoms with Crippen molar-refractivity contribution >= 4 is 29.1 Å². The Morgan fingerprint density at radius 3 is 2.45 bits per heavy atom. The second-order valence-electron chi connectivity index (χ2n) is 4.87. The summed E-state index contributed by atoms with van der Waals surface area (Å²) >= 11 is 0. The number of nitrogens with one attached hydrogen (secondary N) is 1. The van der Waals surface area contributed by atoms with Crippen LogP contribution in [0.2, 0.25) is 0 Å². The van der Waals surface area contributed by atoms with Gasteiger partial charge in [0.25, 0.3) is 11.8 Å². The second-order valence-corrected chi connectivity index (χ2v) is 4.87. The van der Waals surface area contributed by atoms with Crippen LogP contribution >= 0.6 is 0 Å². The number of carbonyl (C=O) groups is 3. The third-order valence-electron chi connectivity index (χ3n) is 3.27. The van der Waals surface area contributed by atoms with Gasteiger partial charge in [-0.25, -0.2) is 9.29 Å². The van der Waals surface area contributed by atoms with Gasteiger partial charge in [-0.2, -0.15) is 0 Å². The Balaban J connectivity index is 2.03. The summed E-state index contributed by atoms with van der Waals surface area (Å²) in [4.78, 5) is 36.8. The minimum Gasteiger partial charge on any atom is -0.326 e. The molecule has 1 aliphatic rings. The van der Waals surface area contributed by atoms with Crippen LogP contribution in [0.25, 0.3) is 0 Å². The van der Waals surface area contributed by atoms with Crippen LogP contribution in [-0.2, 0) is 4.79 Å². The number of amides is 3. The molecule has 0 fully saturated rings. The van der Waals surface area contributed by atoms with E-state index in [1.54, 1.807) is 6.07 Å². The van der Waals surface area contributed by atoms with Gasteiger partial charge in [-0.3, -0.25) is 14.4 Å². The van der Waals surface area contributed by atoms with Crippen LogP contribution < -0.4 is 10.2 Å². The lowest BCUT2D eigenvalue weighted by molar-refractivity contribution is -0.114. The van der Waals surface area contributed by atoms with E-state index < -0.39 is 17.6 Å². The van der Waals surface area contributed by atoms with Gasteiger partial charge in [0, 0.05) is 12.6 Å². The van der Waals surface area contributed by atoms with Crippen LogP contribution in [0.5, 0.6) is 0 Å². The molecule has 110 valence electrons. The smallest absolute Gasteiger partial charge is 0.266 e. The van der Waals surface area contributed by atoms with E-state index in [0.29, 0.717) is 5.69 Å². The Kier molecular flexibility index (Phi) is 3.21. The van der Waals surface area contributed by atoms with Crippen LogP contribution in [0.3, 0.4) is 0 Å². The maximum absolute atomic E-state index is 13.3. The first-order valence-electron chi connectivity index (χ1n) is 6.53. The zero-order chi connectivity index (χ0) is 15.9. The first-order valence-corrected chi connectivity index (χ1v) is 6.53. The highest BCUT2D eigenvalue weighted by Crippen LogP contribution is 2.30. The van der Waals surface area contributed by atoms with Gasteiger partial charge >= 0.3 is 0 Å². The van der Waals surface area contributed by atoms with Crippen molar-refractivity contribution in [2.75, 3.05) is 10.2 Å². The number of benzene rings is 2. The quantitative estimate of drug-likeness (QED) is 0.867. The number of halogens is 1. The molecule has 3 rings (SSSR count). The summed E-state index contributed by atoms with van der Waals surface area (Å²) in [6.07, 6.45) is 0. The van der Waals surface area contributed by atoms with E-state index in [-0.39, 0.29) is 22.7 Å². The van der Waals surface area contributed by atoms with E-state index in [1.165, 1.54) is 37.3 Å². The summed E-state index contributed by atoms with van der Waals surface area (Å²) in [5, 5.41) is 2.55. The number of anilines is 2. The summed E-state index contributed by atoms with van der Waals surface area (Å²) < 4.78 is 13.3. The fourth-order valence-corrected chi connectivity index (χ4v) is 2.37. The van der Waals surface area contributed by atoms with Gasteiger partial charge < -0.3 is 5.32 Å². The minimum absolute atomic E-state index is 0.173. The van der Waals surface area contributed by atoms with E-state index >= 15 is 0 Å². The Labute approximate surface area is 125 Å². The van der Waals surface area contributed by atoms with Crippen molar-refractivity contribution in [2.24, 2.45) is 0 Å². The van der Waals surface area contributed by atoms with Gasteiger partial charge in [-0.05, 0) is 36.4 Å². The van der Waals surface area contributed by atoms with Gasteiger partial charge in [0.2, 0.25) is 5.91 Å². The first-order chi connectivity index (χ1) is 10.5. The number of nitrogens with zero attached hydrogens (tertiary/aromatic N) is 1. The topological polar surface area (TPSA) is 66.5 Å². The van der Waals surface area contributed by atoms with Crippen molar-refractivity contribution in [1.82, 2.24) is 0 Å². The fraction of sp³-hybridized carbons (Fsp3) is 0.0625. The Morgan fingerprint density at radius 2 is 1.77 bits per heavy atom. The normalized spacial score (nSPS) is 13.3. The predicted molar refractivity (Wildman–Crippen MR) is 78.3 cm³/mol. The molecule has 0 bridgehead atoms. The van der Waals surface area contributed by atoms with Crippen molar-refractivity contribution in [3.05, 3.63) is 59.4 Å². The van der Waals surface area contributed by atoms with E-state index in [2.05, 4.69) is 5.32 Å². The molecule has 2 aromatic rings. The largest absolute Gasteiger partial charge is 0.326 e. The third kappa shape index (κ3) is 2.24. The predicted octanol–water partition coefficient (Wildman–Crippen LogP) is 2.58. The second kappa shape index (κ2) is 5.07. The number of carbonyl (C=O) groups excluding carboxylic acids is 3. The van der Waals surface area contributed by atoms with Gasteiger partial charge in [0.15, 0.2) is 0 Å². The molecular formula is C16H11FN2O3. The summed E-state index contributed by atoms with van der Waals surface area (Å²) in [6, 6.07) is 9.72. The maximum Gasteiger partial charge on any atom is 0.266 e. The molecule has 0 aliphatic carbocycles. The molecule has 0 saturated heterocycles. The van der Waals surface area contributed by atoms with Gasteiger partial charge in [0.05, 0.1) is 16.8 Å². The summed E-state index contributed by atoms with van der Waals surface area (Å²) in [6.45, 7) is 1.35. The summed E-state index contributed by atoms with van der Waals surface area (Å²) in [5.41, 5.74) is 1.00. The highest BCUT2D eigenvalue weighted by Gasteiger charge is 2.36. The first kappa shape index (κ1) is 13.9. The average molecular weight is 298 g/mol. The molecule has 0 unspecified atom stereocenters. The molecule has 3 amide bonds. The molecule has 22 heavy (non-hydrogen) atoms. The van der Waals surface area contributed by atoms with Gasteiger partial charge in [-0.15, -0.1) is 0 Å². The molecule has 0 spiro atoms.